The molecule has 1 aliphatic rings. The Morgan fingerprint density at radius 1 is 1.27 bits per heavy atom. The maximum atomic E-state index is 12.4. The number of anilines is 1. The van der Waals surface area contributed by atoms with Crippen molar-refractivity contribution in [2.75, 3.05) is 31.6 Å². The fourth-order valence-corrected chi connectivity index (χ4v) is 3.25. The quantitative estimate of drug-likeness (QED) is 0.942. The molecule has 4 nitrogen and oxygen atoms in total. The first kappa shape index (κ1) is 15.1. The van der Waals surface area contributed by atoms with E-state index in [0.717, 1.165) is 11.3 Å². The Kier molecular flexibility index (Phi) is 4.75. The van der Waals surface area contributed by atoms with Crippen molar-refractivity contribution in [1.82, 2.24) is 4.90 Å². The van der Waals surface area contributed by atoms with Gasteiger partial charge in [0.1, 0.15) is 6.04 Å². The molecule has 2 heterocycles. The van der Waals surface area contributed by atoms with Gasteiger partial charge in [0.15, 0.2) is 0 Å². The van der Waals surface area contributed by atoms with Gasteiger partial charge in [0.2, 0.25) is 5.91 Å². The summed E-state index contributed by atoms with van der Waals surface area (Å²) in [5.74, 6) is 0.129. The van der Waals surface area contributed by atoms with E-state index in [-0.39, 0.29) is 11.9 Å². The standard InChI is InChI=1S/C17H20N2O2S/c1-13(17(20)19-6-8-21-9-7-19)18-16-4-2-3-14(11-16)15-5-10-22-12-15/h2-5,10-13,18H,6-9H2,1H3/t13-/m0/s1. The van der Waals surface area contributed by atoms with Crippen LogP contribution in [0, 0.1) is 0 Å². The number of hydrogen-bond acceptors (Lipinski definition) is 4. The predicted octanol–water partition coefficient (Wildman–Crippen LogP) is 3.07. The summed E-state index contributed by atoms with van der Waals surface area (Å²) < 4.78 is 5.29. The number of thiophene rings is 1. The van der Waals surface area contributed by atoms with E-state index in [9.17, 15) is 4.79 Å². The second-order valence-electron chi connectivity index (χ2n) is 5.40. The summed E-state index contributed by atoms with van der Waals surface area (Å²) in [6, 6.07) is 10.1. The molecular formula is C17H20N2O2S. The van der Waals surface area contributed by atoms with Gasteiger partial charge in [0.05, 0.1) is 13.2 Å². The molecule has 0 aliphatic carbocycles. The van der Waals surface area contributed by atoms with E-state index in [0.29, 0.717) is 26.3 Å². The number of nitrogens with zero attached hydrogens (tertiary/aromatic N) is 1. The number of morpholine rings is 1. The van der Waals surface area contributed by atoms with E-state index < -0.39 is 0 Å². The zero-order valence-corrected chi connectivity index (χ0v) is 13.4. The summed E-state index contributed by atoms with van der Waals surface area (Å²) in [4.78, 5) is 14.3. The van der Waals surface area contributed by atoms with E-state index in [1.165, 1.54) is 5.56 Å². The molecular weight excluding hydrogens is 296 g/mol. The van der Waals surface area contributed by atoms with E-state index >= 15 is 0 Å². The molecule has 0 unspecified atom stereocenters. The van der Waals surface area contributed by atoms with Crippen molar-refractivity contribution in [2.45, 2.75) is 13.0 Å². The van der Waals surface area contributed by atoms with Crippen LogP contribution < -0.4 is 5.32 Å². The lowest BCUT2D eigenvalue weighted by molar-refractivity contribution is -0.135. The molecule has 5 heteroatoms. The second kappa shape index (κ2) is 6.94. The van der Waals surface area contributed by atoms with Gasteiger partial charge in [0, 0.05) is 18.8 Å². The van der Waals surface area contributed by atoms with Crippen LogP contribution in [0.3, 0.4) is 0 Å². The Bertz CT molecular complexity index is 621. The van der Waals surface area contributed by atoms with E-state index in [1.54, 1.807) is 11.3 Å². The minimum Gasteiger partial charge on any atom is -0.378 e. The third kappa shape index (κ3) is 3.48. The molecule has 0 radical (unpaired) electrons. The fourth-order valence-electron chi connectivity index (χ4n) is 2.59. The maximum absolute atomic E-state index is 12.4. The number of benzene rings is 1. The summed E-state index contributed by atoms with van der Waals surface area (Å²) in [6.45, 7) is 4.53. The molecule has 1 aromatic carbocycles. The van der Waals surface area contributed by atoms with Crippen molar-refractivity contribution < 1.29 is 9.53 Å². The Labute approximate surface area is 134 Å². The van der Waals surface area contributed by atoms with Gasteiger partial charge in [0.25, 0.3) is 0 Å². The number of hydrogen-bond donors (Lipinski definition) is 1. The molecule has 1 amide bonds. The first-order valence-electron chi connectivity index (χ1n) is 7.50. The zero-order valence-electron chi connectivity index (χ0n) is 12.6. The van der Waals surface area contributed by atoms with Crippen LogP contribution in [0.15, 0.2) is 41.1 Å². The molecule has 0 bridgehead atoms. The molecule has 3 rings (SSSR count). The first-order valence-corrected chi connectivity index (χ1v) is 8.44. The highest BCUT2D eigenvalue weighted by molar-refractivity contribution is 7.08. The minimum absolute atomic E-state index is 0.129. The molecule has 0 spiro atoms. The number of carbonyl (C=O) groups excluding carboxylic acids is 1. The summed E-state index contributed by atoms with van der Waals surface area (Å²) in [5, 5.41) is 7.51. The van der Waals surface area contributed by atoms with Gasteiger partial charge in [-0.2, -0.15) is 11.3 Å². The largest absolute Gasteiger partial charge is 0.378 e. The third-order valence-corrected chi connectivity index (χ3v) is 4.48. The van der Waals surface area contributed by atoms with Gasteiger partial charge in [-0.15, -0.1) is 0 Å². The average molecular weight is 316 g/mol. The predicted molar refractivity (Wildman–Crippen MR) is 90.2 cm³/mol. The Hall–Kier alpha value is -1.85. The number of ether oxygens (including phenoxy) is 1. The van der Waals surface area contributed by atoms with Crippen LogP contribution in [-0.4, -0.2) is 43.2 Å². The monoisotopic (exact) mass is 316 g/mol. The highest BCUT2D eigenvalue weighted by Crippen LogP contribution is 2.25. The van der Waals surface area contributed by atoms with E-state index in [4.69, 9.17) is 4.74 Å². The van der Waals surface area contributed by atoms with Gasteiger partial charge < -0.3 is 15.0 Å². The molecule has 1 saturated heterocycles. The fraction of sp³-hybridized carbons (Fsp3) is 0.353. The van der Waals surface area contributed by atoms with Gasteiger partial charge in [-0.1, -0.05) is 12.1 Å². The Balaban J connectivity index is 1.67. The summed E-state index contributed by atoms with van der Waals surface area (Å²) in [6.07, 6.45) is 0. The van der Waals surface area contributed by atoms with Crippen molar-refractivity contribution in [1.29, 1.82) is 0 Å². The highest BCUT2D eigenvalue weighted by Gasteiger charge is 2.22. The van der Waals surface area contributed by atoms with E-state index in [2.05, 4.69) is 34.3 Å². The van der Waals surface area contributed by atoms with Crippen LogP contribution >= 0.6 is 11.3 Å². The van der Waals surface area contributed by atoms with Crippen LogP contribution in [0.25, 0.3) is 11.1 Å². The highest BCUT2D eigenvalue weighted by atomic mass is 32.1. The van der Waals surface area contributed by atoms with Crippen LogP contribution in [0.5, 0.6) is 0 Å². The normalized spacial score (nSPS) is 16.3. The lowest BCUT2D eigenvalue weighted by Gasteiger charge is -2.29. The molecule has 2 aromatic rings. The van der Waals surface area contributed by atoms with Crippen LogP contribution in [0.2, 0.25) is 0 Å². The summed E-state index contributed by atoms with van der Waals surface area (Å²) in [5.41, 5.74) is 3.34. The average Bonchev–Trinajstić information content (AvgIpc) is 3.10. The lowest BCUT2D eigenvalue weighted by Crippen LogP contribution is -2.46. The summed E-state index contributed by atoms with van der Waals surface area (Å²) in [7, 11) is 0. The zero-order chi connectivity index (χ0) is 15.4. The number of nitrogens with one attached hydrogen (secondary N) is 1. The van der Waals surface area contributed by atoms with Crippen molar-refractivity contribution in [3.63, 3.8) is 0 Å². The molecule has 1 fully saturated rings. The van der Waals surface area contributed by atoms with Gasteiger partial charge >= 0.3 is 0 Å². The second-order valence-corrected chi connectivity index (χ2v) is 6.18. The third-order valence-electron chi connectivity index (χ3n) is 3.79. The molecule has 1 aromatic heterocycles. The topological polar surface area (TPSA) is 41.6 Å². The molecule has 1 atom stereocenters. The molecule has 116 valence electrons. The summed E-state index contributed by atoms with van der Waals surface area (Å²) >= 11 is 1.68. The van der Waals surface area contributed by atoms with Gasteiger partial charge in [-0.3, -0.25) is 4.79 Å². The smallest absolute Gasteiger partial charge is 0.244 e. The first-order chi connectivity index (χ1) is 10.7. The van der Waals surface area contributed by atoms with Gasteiger partial charge in [-0.25, -0.2) is 0 Å². The van der Waals surface area contributed by atoms with Crippen LogP contribution in [0.1, 0.15) is 6.92 Å². The Morgan fingerprint density at radius 3 is 2.82 bits per heavy atom. The number of carbonyl (C=O) groups is 1. The molecule has 22 heavy (non-hydrogen) atoms. The molecule has 1 aliphatic heterocycles. The number of rotatable bonds is 4. The minimum atomic E-state index is -0.240. The number of amides is 1. The van der Waals surface area contributed by atoms with Crippen LogP contribution in [0.4, 0.5) is 5.69 Å². The Morgan fingerprint density at radius 2 is 2.09 bits per heavy atom. The SMILES string of the molecule is C[C@H](Nc1cccc(-c2ccsc2)c1)C(=O)N1CCOCC1. The van der Waals surface area contributed by atoms with Crippen molar-refractivity contribution >= 4 is 22.9 Å². The lowest BCUT2D eigenvalue weighted by atomic mass is 10.1. The molecule has 0 saturated carbocycles. The molecule has 1 N–H and O–H groups in total. The van der Waals surface area contributed by atoms with E-state index in [1.807, 2.05) is 24.0 Å². The van der Waals surface area contributed by atoms with Gasteiger partial charge in [-0.05, 0) is 47.0 Å². The van der Waals surface area contributed by atoms with Crippen molar-refractivity contribution in [2.24, 2.45) is 0 Å². The van der Waals surface area contributed by atoms with Crippen molar-refractivity contribution in [3.8, 4) is 11.1 Å². The van der Waals surface area contributed by atoms with Crippen molar-refractivity contribution in [3.05, 3.63) is 41.1 Å². The maximum Gasteiger partial charge on any atom is 0.244 e. The van der Waals surface area contributed by atoms with Crippen LogP contribution in [-0.2, 0) is 9.53 Å².